The first-order valence-corrected chi connectivity index (χ1v) is 8.82. The van der Waals surface area contributed by atoms with Gasteiger partial charge in [-0.15, -0.1) is 0 Å². The number of sulfonamides is 1. The van der Waals surface area contributed by atoms with Gasteiger partial charge in [0.2, 0.25) is 10.0 Å². The van der Waals surface area contributed by atoms with Crippen LogP contribution in [0.3, 0.4) is 0 Å². The highest BCUT2D eigenvalue weighted by Crippen LogP contribution is 2.37. The average Bonchev–Trinajstić information content (AvgIpc) is 2.92. The molecule has 0 radical (unpaired) electrons. The molecule has 1 aromatic carbocycles. The maximum atomic E-state index is 12.4. The van der Waals surface area contributed by atoms with Gasteiger partial charge in [0.05, 0.1) is 15.6 Å². The van der Waals surface area contributed by atoms with Crippen LogP contribution in [0.25, 0.3) is 0 Å². The lowest BCUT2D eigenvalue weighted by Crippen LogP contribution is -2.38. The number of anilines is 1. The van der Waals surface area contributed by atoms with Crippen molar-refractivity contribution >= 4 is 27.3 Å². The van der Waals surface area contributed by atoms with Crippen LogP contribution >= 0.6 is 11.6 Å². The van der Waals surface area contributed by atoms with Crippen molar-refractivity contribution in [2.24, 2.45) is 5.41 Å². The molecular weight excluding hydrogens is 312 g/mol. The maximum Gasteiger partial charge on any atom is 0.240 e. The third-order valence-electron chi connectivity index (χ3n) is 4.20. The molecule has 0 spiro atoms. The van der Waals surface area contributed by atoms with E-state index < -0.39 is 10.0 Å². The largest absolute Gasteiger partial charge is 0.397 e. The number of halogens is 1. The van der Waals surface area contributed by atoms with Crippen LogP contribution in [0.2, 0.25) is 5.02 Å². The first kappa shape index (κ1) is 16.5. The molecule has 1 fully saturated rings. The molecule has 21 heavy (non-hydrogen) atoms. The Morgan fingerprint density at radius 1 is 1.38 bits per heavy atom. The smallest absolute Gasteiger partial charge is 0.240 e. The minimum Gasteiger partial charge on any atom is -0.397 e. The van der Waals surface area contributed by atoms with Crippen LogP contribution < -0.4 is 10.5 Å². The van der Waals surface area contributed by atoms with E-state index in [-0.39, 0.29) is 29.1 Å². The predicted octanol–water partition coefficient (Wildman–Crippen LogP) is 2.06. The van der Waals surface area contributed by atoms with E-state index in [9.17, 15) is 13.5 Å². The van der Waals surface area contributed by atoms with Gasteiger partial charge in [0.15, 0.2) is 0 Å². The molecule has 0 aliphatic heterocycles. The summed E-state index contributed by atoms with van der Waals surface area (Å²) in [7, 11) is -3.66. The van der Waals surface area contributed by atoms with Crippen LogP contribution in [-0.2, 0) is 10.0 Å². The molecular formula is C14H21ClN2O3S. The SMILES string of the molecule is Cc1cc(S(=O)(=O)NCC2(CO)CCCC2)cc(N)c1Cl. The van der Waals surface area contributed by atoms with Crippen molar-refractivity contribution < 1.29 is 13.5 Å². The van der Waals surface area contributed by atoms with Gasteiger partial charge >= 0.3 is 0 Å². The average molecular weight is 333 g/mol. The van der Waals surface area contributed by atoms with E-state index >= 15 is 0 Å². The Labute approximate surface area is 130 Å². The van der Waals surface area contributed by atoms with E-state index in [2.05, 4.69) is 4.72 Å². The number of aliphatic hydroxyl groups excluding tert-OH is 1. The second-order valence-corrected chi connectivity index (χ2v) is 7.98. The zero-order valence-corrected chi connectivity index (χ0v) is 13.6. The first-order valence-electron chi connectivity index (χ1n) is 6.96. The fourth-order valence-electron chi connectivity index (χ4n) is 2.77. The molecule has 1 aliphatic rings. The van der Waals surface area contributed by atoms with Gasteiger partial charge in [-0.3, -0.25) is 0 Å². The molecule has 0 atom stereocenters. The summed E-state index contributed by atoms with van der Waals surface area (Å²) in [6.07, 6.45) is 3.73. The molecule has 1 aliphatic carbocycles. The second kappa shape index (κ2) is 6.12. The van der Waals surface area contributed by atoms with E-state index in [4.69, 9.17) is 17.3 Å². The zero-order chi connectivity index (χ0) is 15.7. The number of aliphatic hydroxyl groups is 1. The summed E-state index contributed by atoms with van der Waals surface area (Å²) in [4.78, 5) is 0.105. The summed E-state index contributed by atoms with van der Waals surface area (Å²) in [5, 5.41) is 9.91. The number of nitrogens with one attached hydrogen (secondary N) is 1. The fraction of sp³-hybridized carbons (Fsp3) is 0.571. The third-order valence-corrected chi connectivity index (χ3v) is 6.10. The molecule has 5 nitrogen and oxygen atoms in total. The Balaban J connectivity index is 2.19. The lowest BCUT2D eigenvalue weighted by atomic mass is 9.88. The number of nitrogens with two attached hydrogens (primary N) is 1. The monoisotopic (exact) mass is 332 g/mol. The second-order valence-electron chi connectivity index (χ2n) is 5.83. The quantitative estimate of drug-likeness (QED) is 0.720. The van der Waals surface area contributed by atoms with Crippen molar-refractivity contribution in [2.45, 2.75) is 37.5 Å². The Bertz CT molecular complexity index is 602. The summed E-state index contributed by atoms with van der Waals surface area (Å²) >= 11 is 5.95. The van der Waals surface area contributed by atoms with Gasteiger partial charge in [0.1, 0.15) is 0 Å². The Morgan fingerprint density at radius 2 is 2.00 bits per heavy atom. The molecule has 0 bridgehead atoms. The van der Waals surface area contributed by atoms with Crippen LogP contribution in [0.15, 0.2) is 17.0 Å². The molecule has 1 aromatic rings. The lowest BCUT2D eigenvalue weighted by Gasteiger charge is -2.26. The summed E-state index contributed by atoms with van der Waals surface area (Å²) < 4.78 is 27.3. The van der Waals surface area contributed by atoms with Gasteiger partial charge in [-0.25, -0.2) is 13.1 Å². The highest BCUT2D eigenvalue weighted by atomic mass is 35.5. The van der Waals surface area contributed by atoms with Crippen molar-refractivity contribution in [2.75, 3.05) is 18.9 Å². The molecule has 2 rings (SSSR count). The van der Waals surface area contributed by atoms with Crippen molar-refractivity contribution in [3.63, 3.8) is 0 Å². The standard InChI is InChI=1S/C14H21ClN2O3S/c1-10-6-11(7-12(16)13(10)15)21(19,20)17-8-14(9-18)4-2-3-5-14/h6-7,17-18H,2-5,8-9,16H2,1H3. The number of rotatable bonds is 5. The van der Waals surface area contributed by atoms with Crippen LogP contribution in [-0.4, -0.2) is 26.7 Å². The number of benzene rings is 1. The normalized spacial score (nSPS) is 18.0. The van der Waals surface area contributed by atoms with Crippen LogP contribution in [0.5, 0.6) is 0 Å². The van der Waals surface area contributed by atoms with Crippen molar-refractivity contribution in [1.29, 1.82) is 0 Å². The van der Waals surface area contributed by atoms with Gasteiger partial charge < -0.3 is 10.8 Å². The van der Waals surface area contributed by atoms with Gasteiger partial charge in [0.25, 0.3) is 0 Å². The molecule has 118 valence electrons. The number of hydrogen-bond donors (Lipinski definition) is 3. The highest BCUT2D eigenvalue weighted by molar-refractivity contribution is 7.89. The molecule has 0 amide bonds. The summed E-state index contributed by atoms with van der Waals surface area (Å²) in [5.41, 5.74) is 6.26. The molecule has 0 saturated heterocycles. The molecule has 0 unspecified atom stereocenters. The summed E-state index contributed by atoms with van der Waals surface area (Å²) in [6.45, 7) is 1.95. The molecule has 1 saturated carbocycles. The van der Waals surface area contributed by atoms with E-state index in [0.29, 0.717) is 10.6 Å². The lowest BCUT2D eigenvalue weighted by molar-refractivity contribution is 0.134. The van der Waals surface area contributed by atoms with Crippen LogP contribution in [0.4, 0.5) is 5.69 Å². The van der Waals surface area contributed by atoms with Crippen LogP contribution in [0, 0.1) is 12.3 Å². The van der Waals surface area contributed by atoms with E-state index in [1.807, 2.05) is 0 Å². The maximum absolute atomic E-state index is 12.4. The molecule has 0 heterocycles. The Hall–Kier alpha value is -0.820. The Morgan fingerprint density at radius 3 is 2.52 bits per heavy atom. The third kappa shape index (κ3) is 3.51. The van der Waals surface area contributed by atoms with Crippen molar-refractivity contribution in [3.8, 4) is 0 Å². The summed E-state index contributed by atoms with van der Waals surface area (Å²) in [6, 6.07) is 2.86. The topological polar surface area (TPSA) is 92.4 Å². The minimum atomic E-state index is -3.66. The van der Waals surface area contributed by atoms with Crippen molar-refractivity contribution in [3.05, 3.63) is 22.7 Å². The van der Waals surface area contributed by atoms with Gasteiger partial charge in [0, 0.05) is 18.6 Å². The van der Waals surface area contributed by atoms with E-state index in [1.54, 1.807) is 6.92 Å². The molecule has 0 aromatic heterocycles. The van der Waals surface area contributed by atoms with E-state index in [1.165, 1.54) is 12.1 Å². The molecule has 4 N–H and O–H groups in total. The van der Waals surface area contributed by atoms with Gasteiger partial charge in [-0.05, 0) is 37.5 Å². The van der Waals surface area contributed by atoms with Crippen molar-refractivity contribution in [1.82, 2.24) is 4.72 Å². The summed E-state index contributed by atoms with van der Waals surface area (Å²) in [5.74, 6) is 0. The Kier molecular flexibility index (Phi) is 4.82. The predicted molar refractivity (Wildman–Crippen MR) is 83.8 cm³/mol. The fourth-order valence-corrected chi connectivity index (χ4v) is 4.15. The highest BCUT2D eigenvalue weighted by Gasteiger charge is 2.34. The first-order chi connectivity index (χ1) is 9.80. The van der Waals surface area contributed by atoms with Gasteiger partial charge in [-0.1, -0.05) is 24.4 Å². The minimum absolute atomic E-state index is 0.00267. The van der Waals surface area contributed by atoms with Gasteiger partial charge in [-0.2, -0.15) is 0 Å². The number of hydrogen-bond acceptors (Lipinski definition) is 4. The van der Waals surface area contributed by atoms with E-state index in [0.717, 1.165) is 25.7 Å². The number of aryl methyl sites for hydroxylation is 1. The number of nitrogen functional groups attached to an aromatic ring is 1. The molecule has 7 heteroatoms. The van der Waals surface area contributed by atoms with Crippen LogP contribution in [0.1, 0.15) is 31.2 Å². The zero-order valence-electron chi connectivity index (χ0n) is 12.0.